The van der Waals surface area contributed by atoms with Crippen LogP contribution >= 0.6 is 0 Å². The van der Waals surface area contributed by atoms with Gasteiger partial charge in [0, 0.05) is 11.9 Å². The Morgan fingerprint density at radius 1 is 0.824 bits per heavy atom. The summed E-state index contributed by atoms with van der Waals surface area (Å²) in [6, 6.07) is 20.9. The van der Waals surface area contributed by atoms with Gasteiger partial charge in [-0.3, -0.25) is 14.4 Å². The highest BCUT2D eigenvalue weighted by atomic mass is 19.1. The van der Waals surface area contributed by atoms with Crippen LogP contribution in [0.2, 0.25) is 0 Å². The Labute approximate surface area is 195 Å². The van der Waals surface area contributed by atoms with Crippen LogP contribution in [-0.4, -0.2) is 28.7 Å². The maximum Gasteiger partial charge on any atom is 0.247 e. The SMILES string of the molecule is O=C(Nc1ccccc1)[C@@H]1[C@@H]2C(=O)N(c3ccccc3F)C(=O)[C@H]2[C@@H]2c3ccccc3C=CN12. The van der Waals surface area contributed by atoms with Crippen molar-refractivity contribution in [2.75, 3.05) is 10.2 Å². The van der Waals surface area contributed by atoms with Gasteiger partial charge in [-0.15, -0.1) is 0 Å². The van der Waals surface area contributed by atoms with Crippen LogP contribution in [0.4, 0.5) is 15.8 Å². The molecular weight excluding hydrogens is 433 g/mol. The molecule has 0 unspecified atom stereocenters. The number of fused-ring (bicyclic) bond motifs is 5. The van der Waals surface area contributed by atoms with Crippen LogP contribution in [0.1, 0.15) is 17.2 Å². The first-order valence-electron chi connectivity index (χ1n) is 11.1. The smallest absolute Gasteiger partial charge is 0.247 e. The van der Waals surface area contributed by atoms with Crippen LogP contribution < -0.4 is 10.2 Å². The summed E-state index contributed by atoms with van der Waals surface area (Å²) in [7, 11) is 0. The summed E-state index contributed by atoms with van der Waals surface area (Å²) in [6.07, 6.45) is 3.67. The van der Waals surface area contributed by atoms with Crippen molar-refractivity contribution in [3.8, 4) is 0 Å². The molecule has 7 heteroatoms. The lowest BCUT2D eigenvalue weighted by Crippen LogP contribution is -2.46. The molecule has 3 aliphatic rings. The number of imide groups is 1. The van der Waals surface area contributed by atoms with Crippen molar-refractivity contribution < 1.29 is 18.8 Å². The van der Waals surface area contributed by atoms with Gasteiger partial charge in [-0.25, -0.2) is 9.29 Å². The third kappa shape index (κ3) is 2.90. The standard InChI is InChI=1S/C27H20FN3O3/c28-19-12-6-7-13-20(19)31-26(33)21-22(27(31)34)24(25(32)29-17-9-2-1-3-10-17)30-15-14-16-8-4-5-11-18(16)23(21)30/h1-15,21-24H,(H,29,32)/t21-,22-,23+,24+/m1/s1. The van der Waals surface area contributed by atoms with Crippen molar-refractivity contribution in [3.63, 3.8) is 0 Å². The molecule has 3 aliphatic heterocycles. The molecule has 3 aromatic carbocycles. The van der Waals surface area contributed by atoms with Gasteiger partial charge in [0.15, 0.2) is 0 Å². The first-order chi connectivity index (χ1) is 16.6. The number of carbonyl (C=O) groups excluding carboxylic acids is 3. The number of rotatable bonds is 3. The third-order valence-corrected chi connectivity index (χ3v) is 6.86. The van der Waals surface area contributed by atoms with Crippen LogP contribution in [0.25, 0.3) is 6.08 Å². The average molecular weight is 453 g/mol. The maximum atomic E-state index is 14.6. The Kier molecular flexibility index (Phi) is 4.58. The van der Waals surface area contributed by atoms with Crippen LogP contribution in [-0.2, 0) is 14.4 Å². The molecule has 0 saturated carbocycles. The van der Waals surface area contributed by atoms with E-state index in [1.54, 1.807) is 36.5 Å². The number of benzene rings is 3. The highest BCUT2D eigenvalue weighted by Gasteiger charge is 2.64. The van der Waals surface area contributed by atoms with Gasteiger partial charge in [0.25, 0.3) is 0 Å². The average Bonchev–Trinajstić information content (AvgIpc) is 3.33. The number of carbonyl (C=O) groups is 3. The van der Waals surface area contributed by atoms with Crippen LogP contribution in [0.3, 0.4) is 0 Å². The maximum absolute atomic E-state index is 14.6. The summed E-state index contributed by atoms with van der Waals surface area (Å²) in [5.74, 6) is -3.86. The minimum absolute atomic E-state index is 0.0831. The highest BCUT2D eigenvalue weighted by Crippen LogP contribution is 2.53. The Hall–Kier alpha value is -4.26. The molecule has 1 N–H and O–H groups in total. The first kappa shape index (κ1) is 20.4. The van der Waals surface area contributed by atoms with E-state index in [9.17, 15) is 18.8 Å². The van der Waals surface area contributed by atoms with Crippen molar-refractivity contribution in [2.45, 2.75) is 12.1 Å². The van der Waals surface area contributed by atoms with Gasteiger partial charge in [0.05, 0.1) is 23.6 Å². The van der Waals surface area contributed by atoms with Gasteiger partial charge in [0.1, 0.15) is 11.9 Å². The van der Waals surface area contributed by atoms with Crippen molar-refractivity contribution in [2.24, 2.45) is 11.8 Å². The summed E-state index contributed by atoms with van der Waals surface area (Å²) in [6.45, 7) is 0. The molecule has 6 rings (SSSR count). The Morgan fingerprint density at radius 3 is 2.29 bits per heavy atom. The summed E-state index contributed by atoms with van der Waals surface area (Å²) >= 11 is 0. The van der Waals surface area contributed by atoms with E-state index in [1.807, 2.05) is 41.3 Å². The number of amides is 3. The minimum atomic E-state index is -0.948. The highest BCUT2D eigenvalue weighted by molar-refractivity contribution is 6.24. The summed E-state index contributed by atoms with van der Waals surface area (Å²) < 4.78 is 14.6. The molecule has 3 heterocycles. The number of nitrogens with one attached hydrogen (secondary N) is 1. The normalized spacial score (nSPS) is 24.6. The fourth-order valence-corrected chi connectivity index (χ4v) is 5.47. The lowest BCUT2D eigenvalue weighted by molar-refractivity contribution is -0.128. The van der Waals surface area contributed by atoms with E-state index in [1.165, 1.54) is 18.2 Å². The molecular formula is C27H20FN3O3. The second-order valence-corrected chi connectivity index (χ2v) is 8.65. The zero-order valence-corrected chi connectivity index (χ0v) is 18.0. The molecule has 0 spiro atoms. The van der Waals surface area contributed by atoms with Crippen LogP contribution in [0.15, 0.2) is 85.1 Å². The molecule has 3 amide bonds. The van der Waals surface area contributed by atoms with Crippen molar-refractivity contribution in [1.82, 2.24) is 4.90 Å². The Morgan fingerprint density at radius 2 is 1.50 bits per heavy atom. The first-order valence-corrected chi connectivity index (χ1v) is 11.1. The van der Waals surface area contributed by atoms with Crippen LogP contribution in [0.5, 0.6) is 0 Å². The molecule has 0 aliphatic carbocycles. The van der Waals surface area contributed by atoms with Gasteiger partial charge in [-0.1, -0.05) is 54.6 Å². The van der Waals surface area contributed by atoms with Gasteiger partial charge < -0.3 is 10.2 Å². The largest absolute Gasteiger partial charge is 0.357 e. The molecule has 0 radical (unpaired) electrons. The zero-order valence-electron chi connectivity index (χ0n) is 18.0. The van der Waals surface area contributed by atoms with E-state index in [2.05, 4.69) is 5.32 Å². The molecule has 6 nitrogen and oxygen atoms in total. The molecule has 4 atom stereocenters. The molecule has 0 bridgehead atoms. The molecule has 2 saturated heterocycles. The topological polar surface area (TPSA) is 69.7 Å². The molecule has 34 heavy (non-hydrogen) atoms. The van der Waals surface area contributed by atoms with Crippen molar-refractivity contribution in [1.29, 1.82) is 0 Å². The fourth-order valence-electron chi connectivity index (χ4n) is 5.47. The number of hydrogen-bond donors (Lipinski definition) is 1. The summed E-state index contributed by atoms with van der Waals surface area (Å²) in [4.78, 5) is 43.7. The molecule has 0 aromatic heterocycles. The Balaban J connectivity index is 1.46. The van der Waals surface area contributed by atoms with E-state index in [0.29, 0.717) is 5.69 Å². The number of hydrogen-bond acceptors (Lipinski definition) is 4. The third-order valence-electron chi connectivity index (χ3n) is 6.86. The molecule has 3 aromatic rings. The van der Waals surface area contributed by atoms with E-state index in [4.69, 9.17) is 0 Å². The second kappa shape index (κ2) is 7.66. The lowest BCUT2D eigenvalue weighted by Gasteiger charge is -2.35. The van der Waals surface area contributed by atoms with Crippen molar-refractivity contribution in [3.05, 3.63) is 102 Å². The fraction of sp³-hybridized carbons (Fsp3) is 0.148. The molecule has 168 valence electrons. The number of para-hydroxylation sites is 2. The monoisotopic (exact) mass is 453 g/mol. The lowest BCUT2D eigenvalue weighted by atomic mass is 9.84. The number of halogens is 1. The minimum Gasteiger partial charge on any atom is -0.357 e. The Bertz CT molecular complexity index is 1360. The second-order valence-electron chi connectivity index (χ2n) is 8.65. The van der Waals surface area contributed by atoms with E-state index in [-0.39, 0.29) is 11.6 Å². The summed E-state index contributed by atoms with van der Waals surface area (Å²) in [5, 5.41) is 2.88. The quantitative estimate of drug-likeness (QED) is 0.609. The van der Waals surface area contributed by atoms with E-state index >= 15 is 0 Å². The van der Waals surface area contributed by atoms with Crippen LogP contribution in [0, 0.1) is 17.7 Å². The van der Waals surface area contributed by atoms with E-state index in [0.717, 1.165) is 16.0 Å². The van der Waals surface area contributed by atoms with Gasteiger partial charge in [-0.2, -0.15) is 0 Å². The predicted molar refractivity (Wildman–Crippen MR) is 125 cm³/mol. The number of nitrogens with zero attached hydrogens (tertiary/aromatic N) is 2. The molecule has 2 fully saturated rings. The van der Waals surface area contributed by atoms with Gasteiger partial charge in [-0.05, 0) is 41.5 Å². The van der Waals surface area contributed by atoms with Gasteiger partial charge >= 0.3 is 0 Å². The van der Waals surface area contributed by atoms with E-state index < -0.39 is 41.6 Å². The summed E-state index contributed by atoms with van der Waals surface area (Å²) in [5.41, 5.74) is 2.31. The zero-order chi connectivity index (χ0) is 23.4. The predicted octanol–water partition coefficient (Wildman–Crippen LogP) is 3.98. The van der Waals surface area contributed by atoms with Gasteiger partial charge in [0.2, 0.25) is 17.7 Å². The van der Waals surface area contributed by atoms with Crippen molar-refractivity contribution >= 4 is 35.2 Å². The number of anilines is 2.